The lowest BCUT2D eigenvalue weighted by Crippen LogP contribution is -2.30. The van der Waals surface area contributed by atoms with E-state index in [1.54, 1.807) is 5.56 Å². The first-order chi connectivity index (χ1) is 6.72. The highest BCUT2D eigenvalue weighted by Crippen LogP contribution is 2.28. The van der Waals surface area contributed by atoms with Crippen LogP contribution in [0.4, 0.5) is 0 Å². The molecule has 1 aromatic rings. The smallest absolute Gasteiger partial charge is 0.0319 e. The third-order valence-electron chi connectivity index (χ3n) is 3.46. The first kappa shape index (κ1) is 9.72. The molecule has 1 aliphatic rings. The number of hydrogen-bond donors (Lipinski definition) is 0. The molecule has 1 unspecified atom stereocenters. The summed E-state index contributed by atoms with van der Waals surface area (Å²) in [7, 11) is 2.21. The van der Waals surface area contributed by atoms with E-state index in [1.165, 1.54) is 24.1 Å². The maximum Gasteiger partial charge on any atom is 0.0319 e. The molecular formula is C13H19N. The van der Waals surface area contributed by atoms with Gasteiger partial charge in [0.05, 0.1) is 0 Å². The van der Waals surface area contributed by atoms with Gasteiger partial charge in [0.15, 0.2) is 0 Å². The molecule has 0 spiro atoms. The van der Waals surface area contributed by atoms with Crippen LogP contribution in [0.1, 0.15) is 36.6 Å². The van der Waals surface area contributed by atoms with Crippen molar-refractivity contribution in [3.8, 4) is 0 Å². The molecule has 0 aromatic heterocycles. The number of likely N-dealkylation sites (N-methyl/N-ethyl adjacent to an activating group) is 1. The minimum atomic E-state index is 0.588. The van der Waals surface area contributed by atoms with Crippen molar-refractivity contribution < 1.29 is 0 Å². The van der Waals surface area contributed by atoms with E-state index in [-0.39, 0.29) is 0 Å². The summed E-state index contributed by atoms with van der Waals surface area (Å²) in [5.74, 6) is 0. The summed E-state index contributed by atoms with van der Waals surface area (Å²) in [6.07, 6.45) is 2.36. The van der Waals surface area contributed by atoms with E-state index in [1.807, 2.05) is 0 Å². The molecule has 0 aliphatic carbocycles. The lowest BCUT2D eigenvalue weighted by molar-refractivity contribution is 0.247. The van der Waals surface area contributed by atoms with E-state index in [0.29, 0.717) is 6.04 Å². The molecule has 0 fully saturated rings. The second-order valence-corrected chi connectivity index (χ2v) is 4.29. The predicted molar refractivity (Wildman–Crippen MR) is 60.6 cm³/mol. The van der Waals surface area contributed by atoms with Crippen LogP contribution in [0.5, 0.6) is 0 Å². The maximum absolute atomic E-state index is 2.42. The van der Waals surface area contributed by atoms with Gasteiger partial charge >= 0.3 is 0 Å². The van der Waals surface area contributed by atoms with Crippen molar-refractivity contribution >= 4 is 0 Å². The van der Waals surface area contributed by atoms with Gasteiger partial charge in [0.2, 0.25) is 0 Å². The fraction of sp³-hybridized carbons (Fsp3) is 0.538. The second kappa shape index (κ2) is 3.74. The van der Waals surface area contributed by atoms with E-state index in [9.17, 15) is 0 Å². The van der Waals surface area contributed by atoms with Crippen LogP contribution in [0.2, 0.25) is 0 Å². The first-order valence-electron chi connectivity index (χ1n) is 5.54. The van der Waals surface area contributed by atoms with E-state index >= 15 is 0 Å². The quantitative estimate of drug-likeness (QED) is 0.656. The van der Waals surface area contributed by atoms with Crippen molar-refractivity contribution in [2.24, 2.45) is 0 Å². The molecule has 0 radical (unpaired) electrons. The van der Waals surface area contributed by atoms with Gasteiger partial charge in [-0.1, -0.05) is 25.1 Å². The molecule has 0 bridgehead atoms. The normalized spacial score (nSPS) is 22.1. The van der Waals surface area contributed by atoms with Gasteiger partial charge in [0.25, 0.3) is 0 Å². The molecule has 0 saturated heterocycles. The third-order valence-corrected chi connectivity index (χ3v) is 3.46. The van der Waals surface area contributed by atoms with E-state index in [4.69, 9.17) is 0 Å². The maximum atomic E-state index is 2.42. The number of aryl methyl sites for hydroxylation is 1. The van der Waals surface area contributed by atoms with Crippen LogP contribution in [-0.2, 0) is 12.8 Å². The summed E-state index contributed by atoms with van der Waals surface area (Å²) < 4.78 is 0. The van der Waals surface area contributed by atoms with E-state index in [0.717, 1.165) is 6.42 Å². The summed E-state index contributed by atoms with van der Waals surface area (Å²) in [4.78, 5) is 2.42. The predicted octanol–water partition coefficient (Wildman–Crippen LogP) is 2.80. The third kappa shape index (κ3) is 1.57. The van der Waals surface area contributed by atoms with Crippen LogP contribution in [0, 0.1) is 0 Å². The molecular weight excluding hydrogens is 170 g/mol. The zero-order valence-electron chi connectivity index (χ0n) is 9.38. The SMILES string of the molecule is CCc1ccc2c(c1)CCN(C)C2C. The minimum Gasteiger partial charge on any atom is -0.299 e. The zero-order chi connectivity index (χ0) is 10.1. The van der Waals surface area contributed by atoms with Crippen LogP contribution in [0.3, 0.4) is 0 Å². The highest BCUT2D eigenvalue weighted by molar-refractivity contribution is 5.36. The standard InChI is InChI=1S/C13H19N/c1-4-11-5-6-13-10(2)14(3)8-7-12(13)9-11/h5-6,9-10H,4,7-8H2,1-3H3. The van der Waals surface area contributed by atoms with Crippen molar-refractivity contribution in [1.29, 1.82) is 0 Å². The topological polar surface area (TPSA) is 3.24 Å². The molecule has 14 heavy (non-hydrogen) atoms. The molecule has 0 amide bonds. The average Bonchev–Trinajstić information content (AvgIpc) is 2.23. The highest BCUT2D eigenvalue weighted by Gasteiger charge is 2.20. The molecule has 2 rings (SSSR count). The number of fused-ring (bicyclic) bond motifs is 1. The monoisotopic (exact) mass is 189 g/mol. The first-order valence-corrected chi connectivity index (χ1v) is 5.54. The summed E-state index contributed by atoms with van der Waals surface area (Å²) >= 11 is 0. The van der Waals surface area contributed by atoms with Crippen LogP contribution in [-0.4, -0.2) is 18.5 Å². The Bertz CT molecular complexity index is 330. The van der Waals surface area contributed by atoms with Gasteiger partial charge < -0.3 is 0 Å². The average molecular weight is 189 g/mol. The summed E-state index contributed by atoms with van der Waals surface area (Å²) in [6.45, 7) is 5.71. The molecule has 76 valence electrons. The Kier molecular flexibility index (Phi) is 2.60. The fourth-order valence-electron chi connectivity index (χ4n) is 2.23. The van der Waals surface area contributed by atoms with Crippen molar-refractivity contribution in [3.63, 3.8) is 0 Å². The molecule has 1 heteroatoms. The van der Waals surface area contributed by atoms with Crippen molar-refractivity contribution in [2.45, 2.75) is 32.7 Å². The minimum absolute atomic E-state index is 0.588. The van der Waals surface area contributed by atoms with Gasteiger partial charge in [0, 0.05) is 12.6 Å². The van der Waals surface area contributed by atoms with Gasteiger partial charge in [-0.25, -0.2) is 0 Å². The highest BCUT2D eigenvalue weighted by atomic mass is 15.1. The lowest BCUT2D eigenvalue weighted by atomic mass is 9.92. The van der Waals surface area contributed by atoms with E-state index in [2.05, 4.69) is 44.0 Å². The van der Waals surface area contributed by atoms with Crippen LogP contribution < -0.4 is 0 Å². The van der Waals surface area contributed by atoms with Crippen LogP contribution >= 0.6 is 0 Å². The van der Waals surface area contributed by atoms with E-state index < -0.39 is 0 Å². The Balaban J connectivity index is 2.38. The Labute approximate surface area is 86.7 Å². The Morgan fingerprint density at radius 2 is 2.21 bits per heavy atom. The second-order valence-electron chi connectivity index (χ2n) is 4.29. The van der Waals surface area contributed by atoms with Gasteiger partial charge in [-0.15, -0.1) is 0 Å². The van der Waals surface area contributed by atoms with Gasteiger partial charge in [-0.2, -0.15) is 0 Å². The Morgan fingerprint density at radius 1 is 1.43 bits per heavy atom. The summed E-state index contributed by atoms with van der Waals surface area (Å²) in [5, 5.41) is 0. The van der Waals surface area contributed by atoms with Gasteiger partial charge in [-0.3, -0.25) is 4.90 Å². The molecule has 1 heterocycles. The largest absolute Gasteiger partial charge is 0.299 e. The number of rotatable bonds is 1. The lowest BCUT2D eigenvalue weighted by Gasteiger charge is -2.32. The molecule has 1 aliphatic heterocycles. The zero-order valence-corrected chi connectivity index (χ0v) is 9.38. The van der Waals surface area contributed by atoms with Crippen LogP contribution in [0.25, 0.3) is 0 Å². The summed E-state index contributed by atoms with van der Waals surface area (Å²) in [6, 6.07) is 7.56. The molecule has 0 N–H and O–H groups in total. The van der Waals surface area contributed by atoms with Crippen molar-refractivity contribution in [1.82, 2.24) is 4.90 Å². The number of hydrogen-bond acceptors (Lipinski definition) is 1. The molecule has 1 atom stereocenters. The van der Waals surface area contributed by atoms with Crippen LogP contribution in [0.15, 0.2) is 18.2 Å². The Morgan fingerprint density at radius 3 is 2.93 bits per heavy atom. The number of nitrogens with zero attached hydrogens (tertiary/aromatic N) is 1. The van der Waals surface area contributed by atoms with Gasteiger partial charge in [-0.05, 0) is 43.5 Å². The fourth-order valence-corrected chi connectivity index (χ4v) is 2.23. The molecule has 1 aromatic carbocycles. The molecule has 1 nitrogen and oxygen atoms in total. The van der Waals surface area contributed by atoms with Gasteiger partial charge in [0.1, 0.15) is 0 Å². The number of benzene rings is 1. The molecule has 0 saturated carbocycles. The Hall–Kier alpha value is -0.820. The summed E-state index contributed by atoms with van der Waals surface area (Å²) in [5.41, 5.74) is 4.56. The van der Waals surface area contributed by atoms with Crippen molar-refractivity contribution in [3.05, 3.63) is 34.9 Å². The van der Waals surface area contributed by atoms with Crippen molar-refractivity contribution in [2.75, 3.05) is 13.6 Å².